The molecule has 1 N–H and O–H groups in total. The van der Waals surface area contributed by atoms with Crippen LogP contribution in [0.15, 0.2) is 36.7 Å². The summed E-state index contributed by atoms with van der Waals surface area (Å²) in [6, 6.07) is 8.17. The van der Waals surface area contributed by atoms with Gasteiger partial charge in [-0.15, -0.1) is 0 Å². The van der Waals surface area contributed by atoms with Crippen LogP contribution in [-0.2, 0) is 11.2 Å². The van der Waals surface area contributed by atoms with Crippen LogP contribution in [0.1, 0.15) is 42.8 Å². The molecule has 2 aliphatic heterocycles. The van der Waals surface area contributed by atoms with Crippen molar-refractivity contribution >= 4 is 0 Å². The second-order valence-electron chi connectivity index (χ2n) is 7.20. The molecule has 150 valence electrons. The van der Waals surface area contributed by atoms with Gasteiger partial charge in [0.1, 0.15) is 17.7 Å². The molecular formula is C22H28N2O4. The predicted octanol–water partition coefficient (Wildman–Crippen LogP) is 3.12. The topological polar surface area (TPSA) is 64.0 Å². The summed E-state index contributed by atoms with van der Waals surface area (Å²) in [6.07, 6.45) is 4.32. The zero-order chi connectivity index (χ0) is 19.5. The van der Waals surface area contributed by atoms with E-state index in [-0.39, 0.29) is 24.8 Å². The van der Waals surface area contributed by atoms with E-state index in [9.17, 15) is 5.11 Å². The number of nitrogens with zero attached hydrogens (tertiary/aromatic N) is 2. The molecule has 1 aromatic carbocycles. The molecule has 2 aliphatic rings. The van der Waals surface area contributed by atoms with Crippen LogP contribution in [0, 0.1) is 5.92 Å². The van der Waals surface area contributed by atoms with Gasteiger partial charge >= 0.3 is 0 Å². The first-order valence-electron chi connectivity index (χ1n) is 10.1. The number of rotatable bonds is 6. The van der Waals surface area contributed by atoms with Gasteiger partial charge in [0.15, 0.2) is 0 Å². The van der Waals surface area contributed by atoms with Gasteiger partial charge in [-0.05, 0) is 49.6 Å². The van der Waals surface area contributed by atoms with Crippen molar-refractivity contribution < 1.29 is 19.3 Å². The maximum atomic E-state index is 10.1. The van der Waals surface area contributed by atoms with Crippen molar-refractivity contribution in [3.8, 4) is 11.5 Å². The maximum Gasteiger partial charge on any atom is 0.137 e. The number of hydrogen-bond acceptors (Lipinski definition) is 6. The number of aromatic nitrogens is 1. The lowest BCUT2D eigenvalue weighted by molar-refractivity contribution is -0.166. The first-order valence-corrected chi connectivity index (χ1v) is 10.1. The van der Waals surface area contributed by atoms with Gasteiger partial charge in [0.25, 0.3) is 0 Å². The fourth-order valence-electron chi connectivity index (χ4n) is 4.42. The number of aliphatic hydroxyl groups is 1. The zero-order valence-corrected chi connectivity index (χ0v) is 16.5. The average Bonchev–Trinajstić information content (AvgIpc) is 2.74. The highest BCUT2D eigenvalue weighted by atomic mass is 16.5. The molecule has 28 heavy (non-hydrogen) atoms. The van der Waals surface area contributed by atoms with Gasteiger partial charge in [-0.3, -0.25) is 9.88 Å². The van der Waals surface area contributed by atoms with Crippen LogP contribution in [0.2, 0.25) is 0 Å². The Morgan fingerprint density at radius 1 is 1.18 bits per heavy atom. The minimum Gasteiger partial charge on any atom is -0.494 e. The lowest BCUT2D eigenvalue weighted by Crippen LogP contribution is -2.49. The first kappa shape index (κ1) is 19.2. The Labute approximate surface area is 166 Å². The smallest absolute Gasteiger partial charge is 0.137 e. The van der Waals surface area contributed by atoms with Crippen LogP contribution < -0.4 is 9.47 Å². The van der Waals surface area contributed by atoms with Crippen molar-refractivity contribution in [2.75, 3.05) is 33.0 Å². The van der Waals surface area contributed by atoms with Crippen LogP contribution >= 0.6 is 0 Å². The Balaban J connectivity index is 1.78. The standard InChI is InChI=1S/C22H28N2O4/c1-3-26-17-11-19-18(20(12-17)27-4-2)7-10-24-21(19)16(13-25)14-28-22(24)15-5-8-23-9-6-15/h5-6,8-9,11-12,16,21-22,25H,3-4,7,10,13-14H2,1-2H3. The van der Waals surface area contributed by atoms with E-state index in [4.69, 9.17) is 14.2 Å². The van der Waals surface area contributed by atoms with Crippen LogP contribution in [0.5, 0.6) is 11.5 Å². The molecule has 3 heterocycles. The van der Waals surface area contributed by atoms with E-state index < -0.39 is 0 Å². The SMILES string of the molecule is CCOc1cc(OCC)c2c(c1)C1C(CO)COC(c3ccncc3)N1CC2. The predicted molar refractivity (Wildman–Crippen MR) is 105 cm³/mol. The summed E-state index contributed by atoms with van der Waals surface area (Å²) in [4.78, 5) is 6.48. The van der Waals surface area contributed by atoms with Crippen molar-refractivity contribution in [2.45, 2.75) is 32.5 Å². The fraction of sp³-hybridized carbons (Fsp3) is 0.500. The number of hydrogen-bond donors (Lipinski definition) is 1. The van der Waals surface area contributed by atoms with Crippen molar-refractivity contribution in [1.29, 1.82) is 0 Å². The molecule has 1 saturated heterocycles. The van der Waals surface area contributed by atoms with E-state index in [0.717, 1.165) is 30.0 Å². The Morgan fingerprint density at radius 2 is 1.96 bits per heavy atom. The quantitative estimate of drug-likeness (QED) is 0.826. The van der Waals surface area contributed by atoms with Crippen molar-refractivity contribution in [3.05, 3.63) is 53.3 Å². The van der Waals surface area contributed by atoms with Gasteiger partial charge in [-0.25, -0.2) is 0 Å². The number of fused-ring (bicyclic) bond motifs is 3. The van der Waals surface area contributed by atoms with E-state index in [1.54, 1.807) is 12.4 Å². The maximum absolute atomic E-state index is 10.1. The number of benzene rings is 1. The summed E-state index contributed by atoms with van der Waals surface area (Å²) in [5, 5.41) is 10.1. The van der Waals surface area contributed by atoms with Gasteiger partial charge in [-0.1, -0.05) is 0 Å². The normalized spacial score (nSPS) is 24.3. The third-order valence-corrected chi connectivity index (χ3v) is 5.57. The van der Waals surface area contributed by atoms with E-state index in [1.165, 1.54) is 11.1 Å². The molecule has 0 amide bonds. The summed E-state index contributed by atoms with van der Waals surface area (Å²) in [7, 11) is 0. The molecular weight excluding hydrogens is 356 g/mol. The number of aliphatic hydroxyl groups excluding tert-OH is 1. The summed E-state index contributed by atoms with van der Waals surface area (Å²) in [5.74, 6) is 1.71. The van der Waals surface area contributed by atoms with Crippen molar-refractivity contribution in [1.82, 2.24) is 9.88 Å². The second kappa shape index (κ2) is 8.47. The van der Waals surface area contributed by atoms with Crippen LogP contribution in [0.25, 0.3) is 0 Å². The molecule has 0 aliphatic carbocycles. The highest BCUT2D eigenvalue weighted by Crippen LogP contribution is 2.47. The molecule has 0 radical (unpaired) electrons. The Morgan fingerprint density at radius 3 is 2.68 bits per heavy atom. The molecule has 0 bridgehead atoms. The molecule has 6 nitrogen and oxygen atoms in total. The highest BCUT2D eigenvalue weighted by Gasteiger charge is 2.43. The van der Waals surface area contributed by atoms with Crippen LogP contribution in [-0.4, -0.2) is 48.0 Å². The van der Waals surface area contributed by atoms with Gasteiger partial charge in [0.2, 0.25) is 0 Å². The Hall–Kier alpha value is -2.15. The molecule has 0 spiro atoms. The largest absolute Gasteiger partial charge is 0.494 e. The summed E-state index contributed by atoms with van der Waals surface area (Å²) < 4.78 is 18.0. The van der Waals surface area contributed by atoms with Gasteiger partial charge in [0.05, 0.1) is 19.8 Å². The molecule has 4 rings (SSSR count). The van der Waals surface area contributed by atoms with Gasteiger partial charge < -0.3 is 19.3 Å². The average molecular weight is 384 g/mol. The van der Waals surface area contributed by atoms with Gasteiger partial charge in [0, 0.05) is 49.1 Å². The molecule has 3 atom stereocenters. The van der Waals surface area contributed by atoms with E-state index in [1.807, 2.05) is 32.0 Å². The third-order valence-electron chi connectivity index (χ3n) is 5.57. The summed E-state index contributed by atoms with van der Waals surface area (Å²) in [6.45, 7) is 6.62. The van der Waals surface area contributed by atoms with Crippen LogP contribution in [0.4, 0.5) is 0 Å². The first-order chi connectivity index (χ1) is 13.8. The van der Waals surface area contributed by atoms with Crippen LogP contribution in [0.3, 0.4) is 0 Å². The number of pyridine rings is 1. The zero-order valence-electron chi connectivity index (χ0n) is 16.5. The lowest BCUT2D eigenvalue weighted by Gasteiger charge is -2.49. The second-order valence-corrected chi connectivity index (χ2v) is 7.20. The monoisotopic (exact) mass is 384 g/mol. The number of ether oxygens (including phenoxy) is 3. The highest BCUT2D eigenvalue weighted by molar-refractivity contribution is 5.50. The van der Waals surface area contributed by atoms with E-state index in [2.05, 4.69) is 16.0 Å². The third kappa shape index (κ3) is 3.48. The molecule has 1 fully saturated rings. The lowest BCUT2D eigenvalue weighted by atomic mass is 9.83. The minimum atomic E-state index is -0.143. The molecule has 1 aromatic heterocycles. The summed E-state index contributed by atoms with van der Waals surface area (Å²) >= 11 is 0. The molecule has 2 aromatic rings. The van der Waals surface area contributed by atoms with Crippen molar-refractivity contribution in [3.63, 3.8) is 0 Å². The van der Waals surface area contributed by atoms with E-state index >= 15 is 0 Å². The molecule has 6 heteroatoms. The summed E-state index contributed by atoms with van der Waals surface area (Å²) in [5.41, 5.74) is 3.49. The Bertz CT molecular complexity index is 799. The fourth-order valence-corrected chi connectivity index (χ4v) is 4.42. The Kier molecular flexibility index (Phi) is 5.80. The minimum absolute atomic E-state index is 0.00323. The van der Waals surface area contributed by atoms with E-state index in [0.29, 0.717) is 19.8 Å². The van der Waals surface area contributed by atoms with Crippen molar-refractivity contribution in [2.24, 2.45) is 5.92 Å². The van der Waals surface area contributed by atoms with Gasteiger partial charge in [-0.2, -0.15) is 0 Å². The molecule has 3 unspecified atom stereocenters. The molecule has 0 saturated carbocycles.